The van der Waals surface area contributed by atoms with Crippen LogP contribution >= 0.6 is 0 Å². The highest BCUT2D eigenvalue weighted by molar-refractivity contribution is 7.89. The summed E-state index contributed by atoms with van der Waals surface area (Å²) in [6.45, 7) is 5.45. The number of aryl methyl sites for hydroxylation is 1. The molecule has 0 aliphatic heterocycles. The lowest BCUT2D eigenvalue weighted by atomic mass is 10.0. The van der Waals surface area contributed by atoms with Crippen molar-refractivity contribution in [1.29, 1.82) is 0 Å². The quantitative estimate of drug-likeness (QED) is 0.452. The first-order valence-corrected chi connectivity index (χ1v) is 11.7. The molecule has 0 aliphatic carbocycles. The summed E-state index contributed by atoms with van der Waals surface area (Å²) in [4.78, 5) is 13.0. The Morgan fingerprint density at radius 1 is 0.812 bits per heavy atom. The van der Waals surface area contributed by atoms with E-state index in [1.807, 2.05) is 37.3 Å². The number of benzene rings is 3. The van der Waals surface area contributed by atoms with Crippen LogP contribution in [0.5, 0.6) is 0 Å². The number of sulfonamides is 1. The summed E-state index contributed by atoms with van der Waals surface area (Å²) in [5.41, 5.74) is 2.86. The number of hydrogen-bond acceptors (Lipinski definition) is 5. The van der Waals surface area contributed by atoms with Crippen molar-refractivity contribution in [1.82, 2.24) is 4.72 Å². The van der Waals surface area contributed by atoms with Gasteiger partial charge in [0, 0.05) is 5.69 Å². The van der Waals surface area contributed by atoms with E-state index in [4.69, 9.17) is 0 Å². The van der Waals surface area contributed by atoms with Crippen molar-refractivity contribution in [3.8, 4) is 0 Å². The van der Waals surface area contributed by atoms with E-state index in [9.17, 15) is 13.2 Å². The second kappa shape index (κ2) is 10.3. The molecule has 1 atom stereocenters. The zero-order valence-electron chi connectivity index (χ0n) is 18.2. The number of amides is 1. The summed E-state index contributed by atoms with van der Waals surface area (Å²) in [5.74, 6) is -0.691. The lowest BCUT2D eigenvalue weighted by Crippen LogP contribution is -2.47. The average molecular weight is 451 g/mol. The Hall–Kier alpha value is -3.36. The van der Waals surface area contributed by atoms with Gasteiger partial charge in [-0.1, -0.05) is 49.7 Å². The van der Waals surface area contributed by atoms with Crippen LogP contribution in [0.4, 0.5) is 17.1 Å². The number of anilines is 1. The number of rotatable bonds is 8. The molecule has 1 amide bonds. The Labute approximate surface area is 188 Å². The molecule has 0 radical (unpaired) electrons. The van der Waals surface area contributed by atoms with Crippen LogP contribution in [0.1, 0.15) is 19.4 Å². The second-order valence-electron chi connectivity index (χ2n) is 7.73. The molecule has 0 aliphatic rings. The molecule has 7 nitrogen and oxygen atoms in total. The maximum atomic E-state index is 12.8. The third-order valence-electron chi connectivity index (χ3n) is 4.73. The fraction of sp³-hybridized carbons (Fsp3) is 0.208. The molecule has 0 heterocycles. The zero-order chi connectivity index (χ0) is 23.1. The summed E-state index contributed by atoms with van der Waals surface area (Å²) in [6.07, 6.45) is 0. The first-order valence-electron chi connectivity index (χ1n) is 10.2. The number of carbonyl (C=O) groups is 1. The molecule has 2 N–H and O–H groups in total. The molecule has 3 rings (SSSR count). The van der Waals surface area contributed by atoms with Gasteiger partial charge >= 0.3 is 0 Å². The van der Waals surface area contributed by atoms with Gasteiger partial charge in [0.05, 0.1) is 16.3 Å². The summed E-state index contributed by atoms with van der Waals surface area (Å²) in [6, 6.07) is 21.8. The molecule has 166 valence electrons. The molecular weight excluding hydrogens is 424 g/mol. The van der Waals surface area contributed by atoms with Crippen LogP contribution in [-0.2, 0) is 14.8 Å². The van der Waals surface area contributed by atoms with E-state index in [0.29, 0.717) is 11.4 Å². The molecule has 32 heavy (non-hydrogen) atoms. The number of nitrogens with one attached hydrogen (secondary N) is 2. The van der Waals surface area contributed by atoms with Gasteiger partial charge in [-0.15, -0.1) is 0 Å². The molecule has 3 aromatic rings. The molecule has 0 saturated heterocycles. The highest BCUT2D eigenvalue weighted by Crippen LogP contribution is 2.21. The van der Waals surface area contributed by atoms with Gasteiger partial charge in [0.25, 0.3) is 0 Å². The van der Waals surface area contributed by atoms with Crippen LogP contribution in [0.15, 0.2) is 94.0 Å². The maximum Gasteiger partial charge on any atom is 0.242 e. The SMILES string of the molecule is Cc1ccc(S(=O)(=O)N[C@H](C(=O)Nc2ccc(N=Nc3ccccc3)cc2)C(C)C)cc1. The summed E-state index contributed by atoms with van der Waals surface area (Å²) < 4.78 is 28.0. The minimum atomic E-state index is -3.84. The fourth-order valence-electron chi connectivity index (χ4n) is 2.89. The van der Waals surface area contributed by atoms with E-state index in [2.05, 4.69) is 20.3 Å². The predicted octanol–water partition coefficient (Wildman–Crippen LogP) is 5.35. The van der Waals surface area contributed by atoms with Crippen molar-refractivity contribution in [3.05, 3.63) is 84.4 Å². The van der Waals surface area contributed by atoms with Crippen molar-refractivity contribution in [2.45, 2.75) is 31.7 Å². The number of azo groups is 1. The smallest absolute Gasteiger partial charge is 0.242 e. The number of carbonyl (C=O) groups excluding carboxylic acids is 1. The predicted molar refractivity (Wildman–Crippen MR) is 126 cm³/mol. The first-order chi connectivity index (χ1) is 15.2. The highest BCUT2D eigenvalue weighted by atomic mass is 32.2. The molecule has 0 unspecified atom stereocenters. The van der Waals surface area contributed by atoms with Gasteiger partial charge in [-0.25, -0.2) is 8.42 Å². The Bertz CT molecular complexity index is 1170. The van der Waals surface area contributed by atoms with Crippen LogP contribution in [0.3, 0.4) is 0 Å². The monoisotopic (exact) mass is 450 g/mol. The van der Waals surface area contributed by atoms with Crippen molar-refractivity contribution in [2.75, 3.05) is 5.32 Å². The van der Waals surface area contributed by atoms with Crippen LogP contribution in [0.2, 0.25) is 0 Å². The second-order valence-corrected chi connectivity index (χ2v) is 9.44. The molecular formula is C24H26N4O3S. The van der Waals surface area contributed by atoms with E-state index in [1.54, 1.807) is 50.2 Å². The van der Waals surface area contributed by atoms with Crippen molar-refractivity contribution < 1.29 is 13.2 Å². The Balaban J connectivity index is 1.68. The van der Waals surface area contributed by atoms with Gasteiger partial charge in [0.15, 0.2) is 0 Å². The molecule has 8 heteroatoms. The Morgan fingerprint density at radius 3 is 1.94 bits per heavy atom. The molecule has 0 spiro atoms. The fourth-order valence-corrected chi connectivity index (χ4v) is 4.23. The summed E-state index contributed by atoms with van der Waals surface area (Å²) in [5, 5.41) is 11.1. The minimum Gasteiger partial charge on any atom is -0.325 e. The van der Waals surface area contributed by atoms with Gasteiger partial charge in [0.1, 0.15) is 6.04 Å². The molecule has 0 aromatic heterocycles. The number of hydrogen-bond donors (Lipinski definition) is 2. The summed E-state index contributed by atoms with van der Waals surface area (Å²) in [7, 11) is -3.84. The Morgan fingerprint density at radius 2 is 1.38 bits per heavy atom. The van der Waals surface area contributed by atoms with Crippen LogP contribution in [0, 0.1) is 12.8 Å². The lowest BCUT2D eigenvalue weighted by molar-refractivity contribution is -0.118. The molecule has 0 fully saturated rings. The zero-order valence-corrected chi connectivity index (χ0v) is 19.0. The van der Waals surface area contributed by atoms with Crippen molar-refractivity contribution in [3.63, 3.8) is 0 Å². The van der Waals surface area contributed by atoms with Gasteiger partial charge < -0.3 is 5.32 Å². The van der Waals surface area contributed by atoms with Gasteiger partial charge in [-0.3, -0.25) is 4.79 Å². The van der Waals surface area contributed by atoms with Gasteiger partial charge in [-0.05, 0) is 61.4 Å². The van der Waals surface area contributed by atoms with Crippen LogP contribution in [-0.4, -0.2) is 20.4 Å². The normalized spacial score (nSPS) is 12.8. The first kappa shape index (κ1) is 23.3. The summed E-state index contributed by atoms with van der Waals surface area (Å²) >= 11 is 0. The van der Waals surface area contributed by atoms with Crippen molar-refractivity contribution in [2.24, 2.45) is 16.1 Å². The van der Waals surface area contributed by atoms with Gasteiger partial charge in [0.2, 0.25) is 15.9 Å². The highest BCUT2D eigenvalue weighted by Gasteiger charge is 2.28. The molecule has 0 bridgehead atoms. The van der Waals surface area contributed by atoms with Crippen LogP contribution < -0.4 is 10.0 Å². The topological polar surface area (TPSA) is 100.0 Å². The average Bonchev–Trinajstić information content (AvgIpc) is 2.78. The maximum absolute atomic E-state index is 12.8. The molecule has 0 saturated carbocycles. The van der Waals surface area contributed by atoms with E-state index in [-0.39, 0.29) is 10.8 Å². The van der Waals surface area contributed by atoms with Gasteiger partial charge in [-0.2, -0.15) is 15.0 Å². The largest absolute Gasteiger partial charge is 0.325 e. The van der Waals surface area contributed by atoms with Crippen LogP contribution in [0.25, 0.3) is 0 Å². The van der Waals surface area contributed by atoms with E-state index >= 15 is 0 Å². The minimum absolute atomic E-state index is 0.120. The van der Waals surface area contributed by atoms with E-state index in [1.165, 1.54) is 12.1 Å². The molecule has 3 aromatic carbocycles. The third kappa shape index (κ3) is 6.32. The van der Waals surface area contributed by atoms with E-state index in [0.717, 1.165) is 11.3 Å². The standard InChI is InChI=1S/C24H26N4O3S/c1-17(2)23(28-32(30,31)22-15-9-18(3)10-16-22)24(29)25-19-11-13-21(14-12-19)27-26-20-7-5-4-6-8-20/h4-17,23,28H,1-3H3,(H,25,29)/t23-/m0/s1. The third-order valence-corrected chi connectivity index (χ3v) is 6.19. The van der Waals surface area contributed by atoms with Crippen molar-refractivity contribution >= 4 is 33.0 Å². The Kier molecular flexibility index (Phi) is 7.50. The number of nitrogens with zero attached hydrogens (tertiary/aromatic N) is 2. The van der Waals surface area contributed by atoms with E-state index < -0.39 is 22.0 Å². The lowest BCUT2D eigenvalue weighted by Gasteiger charge is -2.21.